The lowest BCUT2D eigenvalue weighted by Crippen LogP contribution is -2.07. The van der Waals surface area contributed by atoms with Crippen molar-refractivity contribution in [1.82, 2.24) is 19.3 Å². The summed E-state index contributed by atoms with van der Waals surface area (Å²) in [4.78, 5) is 14.9. The number of carboxylic acids is 1. The molecule has 0 unspecified atom stereocenters. The molecule has 2 heterocycles. The van der Waals surface area contributed by atoms with Crippen LogP contribution in [-0.2, 0) is 6.54 Å². The molecule has 16 heavy (non-hydrogen) atoms. The van der Waals surface area contributed by atoms with Crippen LogP contribution in [-0.4, -0.2) is 30.4 Å². The molecule has 0 atom stereocenters. The van der Waals surface area contributed by atoms with Gasteiger partial charge >= 0.3 is 5.97 Å². The van der Waals surface area contributed by atoms with Crippen molar-refractivity contribution in [3.63, 3.8) is 0 Å². The average Bonchev–Trinajstić information content (AvgIpc) is 2.82. The van der Waals surface area contributed by atoms with Gasteiger partial charge in [-0.05, 0) is 6.92 Å². The zero-order valence-corrected chi connectivity index (χ0v) is 8.66. The number of imidazole rings is 1. The van der Waals surface area contributed by atoms with Gasteiger partial charge in [-0.2, -0.15) is 5.10 Å². The Kier molecular flexibility index (Phi) is 2.35. The standard InChI is InChI=1S/C9H11N5O2/c1-2-13-4-3-11-9(13)14-5-6(10)7(12-14)8(15)16/h3-5H,2,10H2,1H3,(H,15,16). The molecule has 0 saturated heterocycles. The first kappa shape index (κ1) is 10.2. The van der Waals surface area contributed by atoms with E-state index in [1.54, 1.807) is 12.4 Å². The molecule has 2 rings (SSSR count). The van der Waals surface area contributed by atoms with Crippen molar-refractivity contribution in [2.75, 3.05) is 5.73 Å². The van der Waals surface area contributed by atoms with Gasteiger partial charge in [-0.1, -0.05) is 0 Å². The number of hydrogen-bond acceptors (Lipinski definition) is 4. The molecule has 3 N–H and O–H groups in total. The van der Waals surface area contributed by atoms with Gasteiger partial charge in [-0.3, -0.25) is 0 Å². The number of rotatable bonds is 3. The Morgan fingerprint density at radius 1 is 1.62 bits per heavy atom. The largest absolute Gasteiger partial charge is 0.476 e. The molecule has 0 aromatic carbocycles. The fraction of sp³-hybridized carbons (Fsp3) is 0.222. The number of aromatic carboxylic acids is 1. The maximum atomic E-state index is 10.8. The first-order valence-corrected chi connectivity index (χ1v) is 4.73. The number of hydrogen-bond donors (Lipinski definition) is 2. The zero-order valence-electron chi connectivity index (χ0n) is 8.66. The van der Waals surface area contributed by atoms with Gasteiger partial charge in [0.25, 0.3) is 0 Å². The average molecular weight is 221 g/mol. The molecule has 0 bridgehead atoms. The lowest BCUT2D eigenvalue weighted by atomic mass is 10.4. The second kappa shape index (κ2) is 3.69. The van der Waals surface area contributed by atoms with Gasteiger partial charge in [0.2, 0.25) is 5.95 Å². The van der Waals surface area contributed by atoms with E-state index in [0.717, 1.165) is 6.54 Å². The Morgan fingerprint density at radius 2 is 2.38 bits per heavy atom. The fourth-order valence-corrected chi connectivity index (χ4v) is 1.41. The van der Waals surface area contributed by atoms with Crippen LogP contribution in [0, 0.1) is 0 Å². The summed E-state index contributed by atoms with van der Waals surface area (Å²) in [5, 5.41) is 12.7. The summed E-state index contributed by atoms with van der Waals surface area (Å²) in [5.74, 6) is -0.604. The number of anilines is 1. The van der Waals surface area contributed by atoms with Gasteiger partial charge in [0.15, 0.2) is 5.69 Å². The minimum absolute atomic E-state index is 0.123. The minimum atomic E-state index is -1.15. The van der Waals surface area contributed by atoms with Crippen LogP contribution in [0.2, 0.25) is 0 Å². The van der Waals surface area contributed by atoms with E-state index in [1.165, 1.54) is 10.9 Å². The smallest absolute Gasteiger partial charge is 0.358 e. The molecule has 0 spiro atoms. The molecular weight excluding hydrogens is 210 g/mol. The molecule has 7 nitrogen and oxygen atoms in total. The lowest BCUT2D eigenvalue weighted by molar-refractivity contribution is 0.0691. The first-order valence-electron chi connectivity index (χ1n) is 4.73. The molecule has 84 valence electrons. The van der Waals surface area contributed by atoms with Crippen LogP contribution in [0.25, 0.3) is 5.95 Å². The van der Waals surface area contributed by atoms with Gasteiger partial charge in [0.05, 0.1) is 11.9 Å². The Balaban J connectivity index is 2.49. The predicted octanol–water partition coefficient (Wildman–Crippen LogP) is 0.369. The number of nitrogen functional groups attached to an aromatic ring is 1. The van der Waals surface area contributed by atoms with Gasteiger partial charge < -0.3 is 15.4 Å². The molecule has 2 aromatic rings. The van der Waals surface area contributed by atoms with E-state index in [1.807, 2.05) is 11.5 Å². The normalized spacial score (nSPS) is 10.6. The van der Waals surface area contributed by atoms with Crippen molar-refractivity contribution in [2.24, 2.45) is 0 Å². The molecule has 0 amide bonds. The van der Waals surface area contributed by atoms with E-state index < -0.39 is 5.97 Å². The van der Waals surface area contributed by atoms with E-state index >= 15 is 0 Å². The number of carbonyl (C=O) groups is 1. The fourth-order valence-electron chi connectivity index (χ4n) is 1.41. The summed E-state index contributed by atoms with van der Waals surface area (Å²) in [7, 11) is 0. The number of aromatic nitrogens is 4. The highest BCUT2D eigenvalue weighted by molar-refractivity contribution is 5.91. The van der Waals surface area contributed by atoms with Gasteiger partial charge in [-0.15, -0.1) is 0 Å². The van der Waals surface area contributed by atoms with Crippen LogP contribution in [0.4, 0.5) is 5.69 Å². The monoisotopic (exact) mass is 221 g/mol. The molecule has 7 heteroatoms. The molecule has 0 aliphatic heterocycles. The SMILES string of the molecule is CCn1ccnc1-n1cc(N)c(C(=O)O)n1. The Labute approximate surface area is 91.1 Å². The maximum Gasteiger partial charge on any atom is 0.358 e. The second-order valence-corrected chi connectivity index (χ2v) is 3.20. The topological polar surface area (TPSA) is 99.0 Å². The third-order valence-corrected chi connectivity index (χ3v) is 2.18. The predicted molar refractivity (Wildman–Crippen MR) is 56.4 cm³/mol. The van der Waals surface area contributed by atoms with Gasteiger partial charge in [-0.25, -0.2) is 14.5 Å². The van der Waals surface area contributed by atoms with Crippen molar-refractivity contribution in [2.45, 2.75) is 13.5 Å². The molecule has 0 radical (unpaired) electrons. The quantitative estimate of drug-likeness (QED) is 0.780. The Hall–Kier alpha value is -2.31. The van der Waals surface area contributed by atoms with Crippen LogP contribution >= 0.6 is 0 Å². The molecule has 0 aliphatic carbocycles. The van der Waals surface area contributed by atoms with Crippen molar-refractivity contribution >= 4 is 11.7 Å². The third kappa shape index (κ3) is 1.52. The highest BCUT2D eigenvalue weighted by Gasteiger charge is 2.15. The summed E-state index contributed by atoms with van der Waals surface area (Å²) >= 11 is 0. The Bertz CT molecular complexity index is 528. The third-order valence-electron chi connectivity index (χ3n) is 2.18. The molecular formula is C9H11N5O2. The number of carboxylic acid groups (broad SMARTS) is 1. The summed E-state index contributed by atoms with van der Waals surface area (Å²) in [5.41, 5.74) is 5.50. The van der Waals surface area contributed by atoms with E-state index in [-0.39, 0.29) is 11.4 Å². The molecule has 0 saturated carbocycles. The van der Waals surface area contributed by atoms with E-state index in [4.69, 9.17) is 10.8 Å². The van der Waals surface area contributed by atoms with Crippen LogP contribution < -0.4 is 5.73 Å². The summed E-state index contributed by atoms with van der Waals surface area (Å²) in [6.45, 7) is 2.67. The number of nitrogens with zero attached hydrogens (tertiary/aromatic N) is 4. The first-order chi connectivity index (χ1) is 7.63. The van der Waals surface area contributed by atoms with Crippen LogP contribution in [0.3, 0.4) is 0 Å². The maximum absolute atomic E-state index is 10.8. The molecule has 0 aliphatic rings. The van der Waals surface area contributed by atoms with E-state index in [9.17, 15) is 4.79 Å². The number of nitrogens with two attached hydrogens (primary N) is 1. The van der Waals surface area contributed by atoms with Crippen molar-refractivity contribution in [3.8, 4) is 5.95 Å². The van der Waals surface area contributed by atoms with Crippen LogP contribution in [0.1, 0.15) is 17.4 Å². The molecule has 0 fully saturated rings. The molecule has 2 aromatic heterocycles. The highest BCUT2D eigenvalue weighted by atomic mass is 16.4. The summed E-state index contributed by atoms with van der Waals surface area (Å²) in [6.07, 6.45) is 4.85. The van der Waals surface area contributed by atoms with Crippen LogP contribution in [0.5, 0.6) is 0 Å². The van der Waals surface area contributed by atoms with Gasteiger partial charge in [0.1, 0.15) is 0 Å². The van der Waals surface area contributed by atoms with E-state index in [2.05, 4.69) is 10.1 Å². The minimum Gasteiger partial charge on any atom is -0.476 e. The summed E-state index contributed by atoms with van der Waals surface area (Å²) < 4.78 is 3.19. The lowest BCUT2D eigenvalue weighted by Gasteiger charge is -2.02. The Morgan fingerprint density at radius 3 is 2.94 bits per heavy atom. The van der Waals surface area contributed by atoms with Crippen molar-refractivity contribution < 1.29 is 9.90 Å². The number of aryl methyl sites for hydroxylation is 1. The highest BCUT2D eigenvalue weighted by Crippen LogP contribution is 2.12. The van der Waals surface area contributed by atoms with Gasteiger partial charge in [0, 0.05) is 18.9 Å². The van der Waals surface area contributed by atoms with E-state index in [0.29, 0.717) is 5.95 Å². The van der Waals surface area contributed by atoms with Crippen molar-refractivity contribution in [3.05, 3.63) is 24.3 Å². The van der Waals surface area contributed by atoms with Crippen molar-refractivity contribution in [1.29, 1.82) is 0 Å². The second-order valence-electron chi connectivity index (χ2n) is 3.20. The summed E-state index contributed by atoms with van der Waals surface area (Å²) in [6, 6.07) is 0. The zero-order chi connectivity index (χ0) is 11.7. The van der Waals surface area contributed by atoms with Crippen LogP contribution in [0.15, 0.2) is 18.6 Å².